The van der Waals surface area contributed by atoms with E-state index in [0.29, 0.717) is 6.04 Å². The fraction of sp³-hybridized carbons (Fsp3) is 0.571. The molecule has 0 radical (unpaired) electrons. The zero-order chi connectivity index (χ0) is 11.5. The van der Waals surface area contributed by atoms with E-state index in [2.05, 4.69) is 36.9 Å². The van der Waals surface area contributed by atoms with E-state index < -0.39 is 0 Å². The lowest BCUT2D eigenvalue weighted by atomic mass is 10.0. The predicted molar refractivity (Wildman–Crippen MR) is 68.4 cm³/mol. The molecule has 0 aromatic heterocycles. The lowest BCUT2D eigenvalue weighted by molar-refractivity contribution is 0.201. The molecule has 2 N–H and O–H groups in total. The molecule has 0 bridgehead atoms. The van der Waals surface area contributed by atoms with E-state index >= 15 is 0 Å². The van der Waals surface area contributed by atoms with Crippen LogP contribution in [-0.2, 0) is 6.54 Å². The molecule has 2 rings (SSSR count). The molecular formula is C14H22N2. The van der Waals surface area contributed by atoms with E-state index in [4.69, 9.17) is 5.73 Å². The maximum absolute atomic E-state index is 5.99. The molecule has 2 nitrogen and oxygen atoms in total. The molecule has 1 aromatic rings. The number of nitrogens with two attached hydrogens (primary N) is 1. The van der Waals surface area contributed by atoms with Crippen LogP contribution in [0.15, 0.2) is 18.2 Å². The molecule has 16 heavy (non-hydrogen) atoms. The van der Waals surface area contributed by atoms with E-state index in [1.807, 2.05) is 0 Å². The van der Waals surface area contributed by atoms with Crippen molar-refractivity contribution in [2.75, 3.05) is 13.1 Å². The summed E-state index contributed by atoms with van der Waals surface area (Å²) in [4.78, 5) is 2.47. The third-order valence-corrected chi connectivity index (χ3v) is 3.52. The van der Waals surface area contributed by atoms with Crippen LogP contribution in [0.3, 0.4) is 0 Å². The molecule has 2 heteroatoms. The minimum absolute atomic E-state index is 0.375. The average Bonchev–Trinajstić information content (AvgIpc) is 2.24. The number of hydrogen-bond donors (Lipinski definition) is 1. The monoisotopic (exact) mass is 218 g/mol. The first-order valence-corrected chi connectivity index (χ1v) is 6.19. The summed E-state index contributed by atoms with van der Waals surface area (Å²) in [5, 5.41) is 0. The van der Waals surface area contributed by atoms with Gasteiger partial charge in [-0.2, -0.15) is 0 Å². The van der Waals surface area contributed by atoms with E-state index in [1.54, 1.807) is 0 Å². The van der Waals surface area contributed by atoms with Crippen LogP contribution in [0.2, 0.25) is 0 Å². The van der Waals surface area contributed by atoms with Gasteiger partial charge in [-0.25, -0.2) is 0 Å². The Morgan fingerprint density at radius 2 is 2.12 bits per heavy atom. The lowest BCUT2D eigenvalue weighted by Gasteiger charge is -2.30. The average molecular weight is 218 g/mol. The zero-order valence-corrected chi connectivity index (χ0v) is 10.4. The third kappa shape index (κ3) is 2.83. The van der Waals surface area contributed by atoms with Gasteiger partial charge in [0.2, 0.25) is 0 Å². The number of likely N-dealkylation sites (tertiary alicyclic amines) is 1. The van der Waals surface area contributed by atoms with E-state index in [9.17, 15) is 0 Å². The molecule has 1 fully saturated rings. The number of nitrogens with zero attached hydrogens (tertiary/aromatic N) is 1. The second-order valence-corrected chi connectivity index (χ2v) is 5.06. The maximum atomic E-state index is 5.99. The van der Waals surface area contributed by atoms with Gasteiger partial charge in [0.15, 0.2) is 0 Å². The van der Waals surface area contributed by atoms with Gasteiger partial charge < -0.3 is 5.73 Å². The summed E-state index contributed by atoms with van der Waals surface area (Å²) in [6, 6.07) is 7.13. The van der Waals surface area contributed by atoms with Gasteiger partial charge in [0.1, 0.15) is 0 Å². The Morgan fingerprint density at radius 3 is 2.81 bits per heavy atom. The molecule has 0 spiro atoms. The van der Waals surface area contributed by atoms with E-state index in [-0.39, 0.29) is 0 Å². The van der Waals surface area contributed by atoms with Crippen LogP contribution in [0.25, 0.3) is 0 Å². The molecule has 1 atom stereocenters. The Balaban J connectivity index is 2.00. The van der Waals surface area contributed by atoms with Gasteiger partial charge in [0, 0.05) is 19.1 Å². The van der Waals surface area contributed by atoms with Gasteiger partial charge in [-0.05, 0) is 49.9 Å². The summed E-state index contributed by atoms with van der Waals surface area (Å²) in [6.45, 7) is 7.64. The second-order valence-electron chi connectivity index (χ2n) is 5.06. The topological polar surface area (TPSA) is 29.3 Å². The van der Waals surface area contributed by atoms with Crippen LogP contribution in [0.5, 0.6) is 0 Å². The minimum Gasteiger partial charge on any atom is -0.327 e. The largest absolute Gasteiger partial charge is 0.327 e. The quantitative estimate of drug-likeness (QED) is 0.825. The van der Waals surface area contributed by atoms with Gasteiger partial charge in [0.25, 0.3) is 0 Å². The van der Waals surface area contributed by atoms with Crippen molar-refractivity contribution in [3.05, 3.63) is 34.9 Å². The highest BCUT2D eigenvalue weighted by Crippen LogP contribution is 2.15. The van der Waals surface area contributed by atoms with Crippen molar-refractivity contribution >= 4 is 0 Å². The first-order chi connectivity index (χ1) is 7.65. The summed E-state index contributed by atoms with van der Waals surface area (Å²) < 4.78 is 0. The smallest absolute Gasteiger partial charge is 0.0234 e. The molecule has 0 unspecified atom stereocenters. The van der Waals surface area contributed by atoms with Crippen molar-refractivity contribution in [3.63, 3.8) is 0 Å². The van der Waals surface area contributed by atoms with Gasteiger partial charge in [0.05, 0.1) is 0 Å². The highest BCUT2D eigenvalue weighted by molar-refractivity contribution is 5.29. The van der Waals surface area contributed by atoms with Crippen LogP contribution < -0.4 is 5.73 Å². The molecule has 1 aliphatic rings. The predicted octanol–water partition coefficient (Wildman–Crippen LogP) is 2.23. The first-order valence-electron chi connectivity index (χ1n) is 6.19. The highest BCUT2D eigenvalue weighted by Gasteiger charge is 2.16. The lowest BCUT2D eigenvalue weighted by Crippen LogP contribution is -2.42. The van der Waals surface area contributed by atoms with Crippen LogP contribution in [0.1, 0.15) is 29.5 Å². The van der Waals surface area contributed by atoms with Gasteiger partial charge in [-0.3, -0.25) is 4.90 Å². The first kappa shape index (κ1) is 11.6. The van der Waals surface area contributed by atoms with E-state index in [1.165, 1.54) is 36.1 Å². The van der Waals surface area contributed by atoms with Crippen molar-refractivity contribution in [1.82, 2.24) is 4.90 Å². The SMILES string of the molecule is Cc1ccc(CN2CCC[C@@H](N)C2)cc1C. The normalized spacial score (nSPS) is 22.3. The molecule has 0 saturated carbocycles. The van der Waals surface area contributed by atoms with Crippen LogP contribution in [0, 0.1) is 13.8 Å². The van der Waals surface area contributed by atoms with E-state index in [0.717, 1.165) is 13.1 Å². The highest BCUT2D eigenvalue weighted by atomic mass is 15.1. The van der Waals surface area contributed by atoms with Crippen molar-refractivity contribution < 1.29 is 0 Å². The van der Waals surface area contributed by atoms with Crippen molar-refractivity contribution in [2.45, 2.75) is 39.3 Å². The number of aryl methyl sites for hydroxylation is 2. The summed E-state index contributed by atoms with van der Waals surface area (Å²) in [5.74, 6) is 0. The summed E-state index contributed by atoms with van der Waals surface area (Å²) in [6.07, 6.45) is 2.43. The molecular weight excluding hydrogens is 196 g/mol. The minimum atomic E-state index is 0.375. The van der Waals surface area contributed by atoms with Gasteiger partial charge >= 0.3 is 0 Å². The van der Waals surface area contributed by atoms with Gasteiger partial charge in [-0.1, -0.05) is 18.2 Å². The summed E-state index contributed by atoms with van der Waals surface area (Å²) >= 11 is 0. The van der Waals surface area contributed by atoms with Gasteiger partial charge in [-0.15, -0.1) is 0 Å². The fourth-order valence-corrected chi connectivity index (χ4v) is 2.39. The number of benzene rings is 1. The Hall–Kier alpha value is -0.860. The Labute approximate surface area is 98.4 Å². The second kappa shape index (κ2) is 4.98. The number of rotatable bonds is 2. The van der Waals surface area contributed by atoms with Crippen molar-refractivity contribution in [1.29, 1.82) is 0 Å². The zero-order valence-electron chi connectivity index (χ0n) is 10.4. The number of piperidine rings is 1. The molecule has 0 aliphatic carbocycles. The van der Waals surface area contributed by atoms with Crippen LogP contribution >= 0.6 is 0 Å². The molecule has 88 valence electrons. The summed E-state index contributed by atoms with van der Waals surface area (Å²) in [7, 11) is 0. The van der Waals surface area contributed by atoms with Crippen LogP contribution in [-0.4, -0.2) is 24.0 Å². The van der Waals surface area contributed by atoms with Crippen LogP contribution in [0.4, 0.5) is 0 Å². The number of hydrogen-bond acceptors (Lipinski definition) is 2. The molecule has 1 heterocycles. The molecule has 0 amide bonds. The maximum Gasteiger partial charge on any atom is 0.0234 e. The Kier molecular flexibility index (Phi) is 3.62. The Bertz CT molecular complexity index is 360. The Morgan fingerprint density at radius 1 is 1.31 bits per heavy atom. The fourth-order valence-electron chi connectivity index (χ4n) is 2.39. The molecule has 1 aromatic carbocycles. The van der Waals surface area contributed by atoms with Crippen molar-refractivity contribution in [3.8, 4) is 0 Å². The standard InChI is InChI=1S/C14H22N2/c1-11-5-6-13(8-12(11)2)9-16-7-3-4-14(15)10-16/h5-6,8,14H,3-4,7,9-10,15H2,1-2H3/t14-/m1/s1. The third-order valence-electron chi connectivity index (χ3n) is 3.52. The summed E-state index contributed by atoms with van der Waals surface area (Å²) in [5.41, 5.74) is 10.2. The van der Waals surface area contributed by atoms with Crippen molar-refractivity contribution in [2.24, 2.45) is 5.73 Å². The molecule has 1 aliphatic heterocycles. The molecule has 1 saturated heterocycles.